The molecule has 0 unspecified atom stereocenters. The zero-order chi connectivity index (χ0) is 16.5. The van der Waals surface area contributed by atoms with Crippen LogP contribution in [-0.2, 0) is 9.59 Å². The second kappa shape index (κ2) is 8.33. The fourth-order valence-electron chi connectivity index (χ4n) is 1.74. The Balaban J connectivity index is 1.76. The lowest BCUT2D eigenvalue weighted by atomic mass is 10.2. The summed E-state index contributed by atoms with van der Waals surface area (Å²) >= 11 is 0. The predicted octanol–water partition coefficient (Wildman–Crippen LogP) is 2.17. The minimum Gasteiger partial charge on any atom is -0.484 e. The van der Waals surface area contributed by atoms with Gasteiger partial charge in [-0.15, -0.1) is 0 Å². The number of carbonyl (C=O) groups excluding carboxylic acids is 2. The van der Waals surface area contributed by atoms with Gasteiger partial charge in [0.1, 0.15) is 5.75 Å². The molecule has 0 saturated carbocycles. The van der Waals surface area contributed by atoms with E-state index < -0.39 is 0 Å². The Labute approximate surface area is 134 Å². The van der Waals surface area contributed by atoms with Crippen molar-refractivity contribution >= 4 is 23.7 Å². The summed E-state index contributed by atoms with van der Waals surface area (Å²) in [6, 6.07) is 16.2. The number of hydrogen-bond acceptors (Lipinski definition) is 4. The Kier molecular flexibility index (Phi) is 5.88. The molecule has 2 aromatic carbocycles. The Morgan fingerprint density at radius 3 is 2.43 bits per heavy atom. The van der Waals surface area contributed by atoms with E-state index in [0.717, 1.165) is 5.56 Å². The van der Waals surface area contributed by atoms with Crippen LogP contribution in [0, 0.1) is 0 Å². The van der Waals surface area contributed by atoms with Crippen molar-refractivity contribution < 1.29 is 14.3 Å². The number of anilines is 1. The molecule has 0 saturated heterocycles. The summed E-state index contributed by atoms with van der Waals surface area (Å²) in [4.78, 5) is 22.5. The van der Waals surface area contributed by atoms with Gasteiger partial charge in [-0.2, -0.15) is 5.10 Å². The number of nitrogens with zero attached hydrogens (tertiary/aromatic N) is 1. The highest BCUT2D eigenvalue weighted by Gasteiger charge is 2.02. The first-order chi connectivity index (χ1) is 11.1. The van der Waals surface area contributed by atoms with Gasteiger partial charge >= 0.3 is 0 Å². The maximum Gasteiger partial charge on any atom is 0.277 e. The van der Waals surface area contributed by atoms with Crippen LogP contribution in [-0.4, -0.2) is 24.6 Å². The summed E-state index contributed by atoms with van der Waals surface area (Å²) in [5, 5.41) is 6.50. The fraction of sp³-hybridized carbons (Fsp3) is 0.118. The van der Waals surface area contributed by atoms with Crippen LogP contribution < -0.4 is 15.5 Å². The Bertz CT molecular complexity index is 682. The molecule has 0 fully saturated rings. The van der Waals surface area contributed by atoms with Crippen LogP contribution in [0.15, 0.2) is 59.7 Å². The third-order valence-corrected chi connectivity index (χ3v) is 2.75. The lowest BCUT2D eigenvalue weighted by Gasteiger charge is -2.06. The summed E-state index contributed by atoms with van der Waals surface area (Å²) in [5.41, 5.74) is 3.95. The molecule has 0 radical (unpaired) electrons. The van der Waals surface area contributed by atoms with Crippen LogP contribution in [0.5, 0.6) is 5.75 Å². The first-order valence-corrected chi connectivity index (χ1v) is 7.01. The van der Waals surface area contributed by atoms with Crippen molar-refractivity contribution in [1.82, 2.24) is 5.43 Å². The molecule has 0 aliphatic carbocycles. The molecular weight excluding hydrogens is 294 g/mol. The van der Waals surface area contributed by atoms with Gasteiger partial charge in [-0.25, -0.2) is 5.43 Å². The van der Waals surface area contributed by atoms with Crippen LogP contribution in [0.1, 0.15) is 12.5 Å². The standard InChI is InChI=1S/C17H17N3O3/c1-13(21)19-15-7-9-16(10-8-15)23-12-17(22)20-18-11-14-5-3-2-4-6-14/h2-11H,12H2,1H3,(H,19,21)(H,20,22)/b18-11+. The Hall–Kier alpha value is -3.15. The normalized spacial score (nSPS) is 10.3. The minimum atomic E-state index is -0.358. The molecule has 2 N–H and O–H groups in total. The van der Waals surface area contributed by atoms with Gasteiger partial charge in [0.15, 0.2) is 6.61 Å². The second-order valence-electron chi connectivity index (χ2n) is 4.70. The largest absolute Gasteiger partial charge is 0.484 e. The monoisotopic (exact) mass is 311 g/mol. The quantitative estimate of drug-likeness (QED) is 0.634. The predicted molar refractivity (Wildman–Crippen MR) is 88.4 cm³/mol. The Morgan fingerprint density at radius 2 is 1.78 bits per heavy atom. The molecule has 0 aliphatic heterocycles. The zero-order valence-electron chi connectivity index (χ0n) is 12.7. The van der Waals surface area contributed by atoms with Crippen LogP contribution in [0.2, 0.25) is 0 Å². The van der Waals surface area contributed by atoms with E-state index in [0.29, 0.717) is 11.4 Å². The van der Waals surface area contributed by atoms with E-state index in [9.17, 15) is 9.59 Å². The third-order valence-electron chi connectivity index (χ3n) is 2.75. The molecule has 0 atom stereocenters. The lowest BCUT2D eigenvalue weighted by Crippen LogP contribution is -2.24. The molecule has 2 rings (SSSR count). The molecule has 0 aliphatic rings. The number of nitrogens with one attached hydrogen (secondary N) is 2. The van der Waals surface area contributed by atoms with E-state index in [1.54, 1.807) is 30.5 Å². The maximum absolute atomic E-state index is 11.6. The van der Waals surface area contributed by atoms with Gasteiger partial charge in [0.05, 0.1) is 6.21 Å². The van der Waals surface area contributed by atoms with Crippen molar-refractivity contribution in [3.63, 3.8) is 0 Å². The van der Waals surface area contributed by atoms with Gasteiger partial charge in [-0.05, 0) is 29.8 Å². The van der Waals surface area contributed by atoms with Crippen molar-refractivity contribution in [1.29, 1.82) is 0 Å². The van der Waals surface area contributed by atoms with Gasteiger partial charge in [0.2, 0.25) is 5.91 Å². The molecule has 2 amide bonds. The lowest BCUT2D eigenvalue weighted by molar-refractivity contribution is -0.123. The van der Waals surface area contributed by atoms with Gasteiger partial charge in [0, 0.05) is 12.6 Å². The van der Waals surface area contributed by atoms with Crippen molar-refractivity contribution in [3.05, 3.63) is 60.2 Å². The number of carbonyl (C=O) groups is 2. The maximum atomic E-state index is 11.6. The second-order valence-corrected chi connectivity index (χ2v) is 4.70. The number of ether oxygens (including phenoxy) is 1. The van der Waals surface area contributed by atoms with E-state index in [1.165, 1.54) is 6.92 Å². The van der Waals surface area contributed by atoms with E-state index in [1.807, 2.05) is 30.3 Å². The summed E-state index contributed by atoms with van der Waals surface area (Å²) in [5.74, 6) is 0.0266. The van der Waals surface area contributed by atoms with Gasteiger partial charge < -0.3 is 10.1 Å². The minimum absolute atomic E-state index is 0.144. The number of amides is 2. The molecule has 0 aromatic heterocycles. The van der Waals surface area contributed by atoms with Crippen molar-refractivity contribution in [2.75, 3.05) is 11.9 Å². The molecule has 0 heterocycles. The molecule has 0 spiro atoms. The first-order valence-electron chi connectivity index (χ1n) is 7.01. The van der Waals surface area contributed by atoms with E-state index in [4.69, 9.17) is 4.74 Å². The summed E-state index contributed by atoms with van der Waals surface area (Å²) in [6.45, 7) is 1.29. The van der Waals surface area contributed by atoms with Crippen LogP contribution in [0.3, 0.4) is 0 Å². The van der Waals surface area contributed by atoms with Crippen molar-refractivity contribution in [3.8, 4) is 5.75 Å². The average Bonchev–Trinajstić information content (AvgIpc) is 2.55. The highest BCUT2D eigenvalue weighted by Crippen LogP contribution is 2.15. The molecule has 118 valence electrons. The SMILES string of the molecule is CC(=O)Nc1ccc(OCC(=O)N/N=C/c2ccccc2)cc1. The first kappa shape index (κ1) is 16.2. The van der Waals surface area contributed by atoms with Crippen molar-refractivity contribution in [2.24, 2.45) is 5.10 Å². The Morgan fingerprint density at radius 1 is 1.09 bits per heavy atom. The highest BCUT2D eigenvalue weighted by molar-refractivity contribution is 5.88. The molecular formula is C17H17N3O3. The number of hydrazone groups is 1. The smallest absolute Gasteiger partial charge is 0.277 e. The topological polar surface area (TPSA) is 79.8 Å². The number of benzene rings is 2. The van der Waals surface area contributed by atoms with Gasteiger partial charge in [-0.1, -0.05) is 30.3 Å². The molecule has 23 heavy (non-hydrogen) atoms. The number of rotatable bonds is 6. The van der Waals surface area contributed by atoms with E-state index in [2.05, 4.69) is 15.8 Å². The van der Waals surface area contributed by atoms with E-state index >= 15 is 0 Å². The summed E-state index contributed by atoms with van der Waals surface area (Å²) < 4.78 is 5.33. The highest BCUT2D eigenvalue weighted by atomic mass is 16.5. The summed E-state index contributed by atoms with van der Waals surface area (Å²) in [7, 11) is 0. The van der Waals surface area contributed by atoms with Crippen molar-refractivity contribution in [2.45, 2.75) is 6.92 Å². The third kappa shape index (κ3) is 6.01. The fourth-order valence-corrected chi connectivity index (χ4v) is 1.74. The molecule has 0 bridgehead atoms. The van der Waals surface area contributed by atoms with Gasteiger partial charge in [0.25, 0.3) is 5.91 Å². The zero-order valence-corrected chi connectivity index (χ0v) is 12.7. The van der Waals surface area contributed by atoms with Crippen LogP contribution >= 0.6 is 0 Å². The number of hydrogen-bond donors (Lipinski definition) is 2. The van der Waals surface area contributed by atoms with Crippen LogP contribution in [0.4, 0.5) is 5.69 Å². The van der Waals surface area contributed by atoms with Gasteiger partial charge in [-0.3, -0.25) is 9.59 Å². The van der Waals surface area contributed by atoms with E-state index in [-0.39, 0.29) is 18.4 Å². The van der Waals surface area contributed by atoms with Crippen LogP contribution in [0.25, 0.3) is 0 Å². The molecule has 6 heteroatoms. The molecule has 6 nitrogen and oxygen atoms in total. The summed E-state index contributed by atoms with van der Waals surface area (Å²) in [6.07, 6.45) is 1.56. The molecule has 2 aromatic rings. The average molecular weight is 311 g/mol.